The standard InChI is InChI=1S/C13H23N3OS/c1-3-4-14-7-12-9-17-6-5-16(12)8-13-15-11(2)10-18-13/h10,12,14H,3-9H2,1-2H3. The van der Waals surface area contributed by atoms with E-state index in [1.807, 2.05) is 0 Å². The molecule has 1 aromatic heterocycles. The Bertz CT molecular complexity index is 356. The van der Waals surface area contributed by atoms with E-state index in [2.05, 4.69) is 34.4 Å². The average molecular weight is 269 g/mol. The summed E-state index contributed by atoms with van der Waals surface area (Å²) in [5.41, 5.74) is 1.13. The van der Waals surface area contributed by atoms with Gasteiger partial charge in [-0.15, -0.1) is 11.3 Å². The molecule has 2 rings (SSSR count). The molecule has 1 N–H and O–H groups in total. The van der Waals surface area contributed by atoms with Crippen LogP contribution in [0.3, 0.4) is 0 Å². The summed E-state index contributed by atoms with van der Waals surface area (Å²) < 4.78 is 5.59. The number of rotatable bonds is 6. The number of thiazole rings is 1. The van der Waals surface area contributed by atoms with Gasteiger partial charge in [-0.25, -0.2) is 4.98 Å². The maximum Gasteiger partial charge on any atom is 0.107 e. The molecule has 1 aliphatic rings. The Morgan fingerprint density at radius 3 is 3.22 bits per heavy atom. The number of aryl methyl sites for hydroxylation is 1. The van der Waals surface area contributed by atoms with Crippen LogP contribution in [0.4, 0.5) is 0 Å². The zero-order valence-electron chi connectivity index (χ0n) is 11.3. The van der Waals surface area contributed by atoms with Gasteiger partial charge in [-0.2, -0.15) is 0 Å². The summed E-state index contributed by atoms with van der Waals surface area (Å²) in [7, 11) is 0. The summed E-state index contributed by atoms with van der Waals surface area (Å²) in [6, 6.07) is 0.481. The van der Waals surface area contributed by atoms with E-state index >= 15 is 0 Å². The lowest BCUT2D eigenvalue weighted by atomic mass is 10.2. The third-order valence-electron chi connectivity index (χ3n) is 3.16. The Kier molecular flexibility index (Phi) is 5.56. The van der Waals surface area contributed by atoms with Crippen molar-refractivity contribution < 1.29 is 4.74 Å². The van der Waals surface area contributed by atoms with Crippen LogP contribution in [0.2, 0.25) is 0 Å². The lowest BCUT2D eigenvalue weighted by Crippen LogP contribution is -2.49. The summed E-state index contributed by atoms with van der Waals surface area (Å²) in [5.74, 6) is 0. The minimum atomic E-state index is 0.481. The van der Waals surface area contributed by atoms with Crippen LogP contribution < -0.4 is 5.32 Å². The number of nitrogens with one attached hydrogen (secondary N) is 1. The fraction of sp³-hybridized carbons (Fsp3) is 0.769. The molecule has 1 saturated heterocycles. The maximum absolute atomic E-state index is 5.59. The van der Waals surface area contributed by atoms with Crippen molar-refractivity contribution in [2.75, 3.05) is 32.8 Å². The molecule has 2 heterocycles. The van der Waals surface area contributed by atoms with E-state index < -0.39 is 0 Å². The van der Waals surface area contributed by atoms with Crippen LogP contribution in [0.25, 0.3) is 0 Å². The molecule has 1 fully saturated rings. The van der Waals surface area contributed by atoms with Crippen LogP contribution in [0.15, 0.2) is 5.38 Å². The molecule has 1 atom stereocenters. The van der Waals surface area contributed by atoms with E-state index in [1.54, 1.807) is 11.3 Å². The predicted molar refractivity (Wildman–Crippen MR) is 75.0 cm³/mol. The lowest BCUT2D eigenvalue weighted by Gasteiger charge is -2.35. The molecule has 0 aromatic carbocycles. The number of hydrogen-bond acceptors (Lipinski definition) is 5. The van der Waals surface area contributed by atoms with Gasteiger partial charge < -0.3 is 10.1 Å². The van der Waals surface area contributed by atoms with Gasteiger partial charge in [0.1, 0.15) is 5.01 Å². The van der Waals surface area contributed by atoms with Gasteiger partial charge in [0.2, 0.25) is 0 Å². The van der Waals surface area contributed by atoms with Gasteiger partial charge in [0.25, 0.3) is 0 Å². The SMILES string of the molecule is CCCNCC1COCCN1Cc1nc(C)cs1. The van der Waals surface area contributed by atoms with Gasteiger partial charge in [-0.1, -0.05) is 6.92 Å². The van der Waals surface area contributed by atoms with Crippen LogP contribution in [-0.2, 0) is 11.3 Å². The first-order chi connectivity index (χ1) is 8.79. The predicted octanol–water partition coefficient (Wildman–Crippen LogP) is 1.65. The number of aromatic nitrogens is 1. The van der Waals surface area contributed by atoms with Gasteiger partial charge in [0.05, 0.1) is 19.8 Å². The van der Waals surface area contributed by atoms with Gasteiger partial charge >= 0.3 is 0 Å². The molecule has 0 amide bonds. The summed E-state index contributed by atoms with van der Waals surface area (Å²) in [6.45, 7) is 9.99. The molecule has 0 spiro atoms. The van der Waals surface area contributed by atoms with Crippen LogP contribution >= 0.6 is 11.3 Å². The first-order valence-electron chi connectivity index (χ1n) is 6.73. The summed E-state index contributed by atoms with van der Waals surface area (Å²) >= 11 is 1.76. The van der Waals surface area contributed by atoms with Crippen molar-refractivity contribution in [3.63, 3.8) is 0 Å². The molecule has 102 valence electrons. The molecular weight excluding hydrogens is 246 g/mol. The van der Waals surface area contributed by atoms with Crippen molar-refractivity contribution >= 4 is 11.3 Å². The van der Waals surface area contributed by atoms with E-state index in [4.69, 9.17) is 4.74 Å². The van der Waals surface area contributed by atoms with E-state index in [0.29, 0.717) is 6.04 Å². The third-order valence-corrected chi connectivity index (χ3v) is 4.11. The molecule has 0 bridgehead atoms. The Balaban J connectivity index is 1.86. The molecule has 18 heavy (non-hydrogen) atoms. The number of morpholine rings is 1. The number of ether oxygens (including phenoxy) is 1. The number of nitrogens with zero attached hydrogens (tertiary/aromatic N) is 2. The van der Waals surface area contributed by atoms with Crippen LogP contribution in [-0.4, -0.2) is 48.8 Å². The zero-order chi connectivity index (χ0) is 12.8. The van der Waals surface area contributed by atoms with Gasteiger partial charge in [0, 0.05) is 30.2 Å². The Morgan fingerprint density at radius 2 is 2.50 bits per heavy atom. The van der Waals surface area contributed by atoms with E-state index in [0.717, 1.165) is 45.1 Å². The van der Waals surface area contributed by atoms with Crippen molar-refractivity contribution in [3.05, 3.63) is 16.1 Å². The second-order valence-corrected chi connectivity index (χ2v) is 5.73. The van der Waals surface area contributed by atoms with Gasteiger partial charge in [0.15, 0.2) is 0 Å². The Hall–Kier alpha value is -0.490. The lowest BCUT2D eigenvalue weighted by molar-refractivity contribution is -0.0109. The van der Waals surface area contributed by atoms with Crippen molar-refractivity contribution in [1.29, 1.82) is 0 Å². The molecule has 0 saturated carbocycles. The minimum Gasteiger partial charge on any atom is -0.378 e. The molecule has 1 aliphatic heterocycles. The highest BCUT2D eigenvalue weighted by molar-refractivity contribution is 7.09. The largest absolute Gasteiger partial charge is 0.378 e. The summed E-state index contributed by atoms with van der Waals surface area (Å²) in [4.78, 5) is 7.04. The second kappa shape index (κ2) is 7.19. The normalized spacial score (nSPS) is 21.3. The molecular formula is C13H23N3OS. The Morgan fingerprint density at radius 1 is 1.61 bits per heavy atom. The van der Waals surface area contributed by atoms with Crippen molar-refractivity contribution in [1.82, 2.24) is 15.2 Å². The molecule has 1 unspecified atom stereocenters. The van der Waals surface area contributed by atoms with E-state index in [9.17, 15) is 0 Å². The first kappa shape index (κ1) is 13.9. The van der Waals surface area contributed by atoms with Gasteiger partial charge in [-0.3, -0.25) is 4.90 Å². The van der Waals surface area contributed by atoms with Crippen LogP contribution in [0, 0.1) is 6.92 Å². The van der Waals surface area contributed by atoms with Crippen molar-refractivity contribution in [3.8, 4) is 0 Å². The number of hydrogen-bond donors (Lipinski definition) is 1. The van der Waals surface area contributed by atoms with E-state index in [-0.39, 0.29) is 0 Å². The molecule has 5 heteroatoms. The monoisotopic (exact) mass is 269 g/mol. The molecule has 4 nitrogen and oxygen atoms in total. The smallest absolute Gasteiger partial charge is 0.107 e. The second-order valence-electron chi connectivity index (χ2n) is 4.79. The summed E-state index contributed by atoms with van der Waals surface area (Å²) in [6.07, 6.45) is 1.18. The van der Waals surface area contributed by atoms with Gasteiger partial charge in [-0.05, 0) is 19.9 Å². The topological polar surface area (TPSA) is 37.4 Å². The highest BCUT2D eigenvalue weighted by Crippen LogP contribution is 2.15. The van der Waals surface area contributed by atoms with Crippen LogP contribution in [0.5, 0.6) is 0 Å². The first-order valence-corrected chi connectivity index (χ1v) is 7.61. The zero-order valence-corrected chi connectivity index (χ0v) is 12.1. The summed E-state index contributed by atoms with van der Waals surface area (Å²) in [5, 5.41) is 6.83. The third kappa shape index (κ3) is 4.02. The highest BCUT2D eigenvalue weighted by Gasteiger charge is 2.23. The van der Waals surface area contributed by atoms with E-state index in [1.165, 1.54) is 11.4 Å². The van der Waals surface area contributed by atoms with Crippen LogP contribution in [0.1, 0.15) is 24.0 Å². The van der Waals surface area contributed by atoms with Crippen molar-refractivity contribution in [2.45, 2.75) is 32.9 Å². The average Bonchev–Trinajstić information content (AvgIpc) is 2.77. The minimum absolute atomic E-state index is 0.481. The molecule has 1 aromatic rings. The maximum atomic E-state index is 5.59. The Labute approximate surface area is 113 Å². The fourth-order valence-corrected chi connectivity index (χ4v) is 2.98. The fourth-order valence-electron chi connectivity index (χ4n) is 2.18. The van der Waals surface area contributed by atoms with Crippen molar-refractivity contribution in [2.24, 2.45) is 0 Å². The molecule has 0 aliphatic carbocycles. The molecule has 0 radical (unpaired) electrons. The quantitative estimate of drug-likeness (QED) is 0.797. The highest BCUT2D eigenvalue weighted by atomic mass is 32.1.